The minimum absolute atomic E-state index is 0.00970. The number of carbonyl (C=O) groups excluding carboxylic acids is 4. The molecule has 1 aromatic rings. The van der Waals surface area contributed by atoms with Crippen LogP contribution in [0.15, 0.2) is 29.8 Å². The average Bonchev–Trinajstić information content (AvgIpc) is 3.24. The Bertz CT molecular complexity index is 1300. The molecule has 2 aliphatic heterocycles. The molecule has 1 aromatic carbocycles. The monoisotopic (exact) mass is 622 g/mol. The van der Waals surface area contributed by atoms with Gasteiger partial charge in [0.05, 0.1) is 17.3 Å². The quantitative estimate of drug-likeness (QED) is 0.227. The molecule has 6 rings (SSSR count). The van der Waals surface area contributed by atoms with E-state index in [4.69, 9.17) is 23.2 Å². The van der Waals surface area contributed by atoms with Crippen LogP contribution in [-0.2, 0) is 19.2 Å². The Morgan fingerprint density at radius 1 is 1.03 bits per heavy atom. The van der Waals surface area contributed by atoms with Crippen LogP contribution in [0.2, 0.25) is 0 Å². The van der Waals surface area contributed by atoms with Crippen molar-refractivity contribution in [2.45, 2.75) is 73.6 Å². The molecular weight excluding hydrogens is 595 g/mol. The first-order valence-electron chi connectivity index (χ1n) is 13.2. The van der Waals surface area contributed by atoms with Crippen molar-refractivity contribution in [2.24, 2.45) is 17.8 Å². The predicted octanol–water partition coefficient (Wildman–Crippen LogP) is 4.74. The fraction of sp³-hybridized carbons (Fsp3) is 0.571. The highest BCUT2D eigenvalue weighted by Crippen LogP contribution is 2.65. The predicted molar refractivity (Wildman–Crippen MR) is 145 cm³/mol. The molecule has 0 bridgehead atoms. The maximum absolute atomic E-state index is 14.0. The lowest BCUT2D eigenvalue weighted by Gasteiger charge is -2.50. The second-order valence-corrected chi connectivity index (χ2v) is 13.1. The van der Waals surface area contributed by atoms with Crippen molar-refractivity contribution in [1.29, 1.82) is 0 Å². The summed E-state index contributed by atoms with van der Waals surface area (Å²) in [5.41, 5.74) is 1.93. The van der Waals surface area contributed by atoms with Gasteiger partial charge in [-0.1, -0.05) is 59.0 Å². The topological polar surface area (TPSA) is 95.0 Å². The number of allylic oxidation sites excluding steroid dienone is 2. The molecule has 5 aliphatic rings. The lowest BCUT2D eigenvalue weighted by Crippen LogP contribution is -2.60. The van der Waals surface area contributed by atoms with Crippen LogP contribution in [0.5, 0.6) is 5.75 Å². The molecule has 0 aromatic heterocycles. The van der Waals surface area contributed by atoms with E-state index in [1.165, 1.54) is 11.0 Å². The molecule has 2 heterocycles. The minimum atomic E-state index is -1.83. The molecule has 3 aliphatic carbocycles. The summed E-state index contributed by atoms with van der Waals surface area (Å²) in [5, 5.41) is 10.2. The summed E-state index contributed by atoms with van der Waals surface area (Å²) < 4.78 is 0. The first-order chi connectivity index (χ1) is 18.1. The molecule has 38 heavy (non-hydrogen) atoms. The number of hydrogen-bond donors (Lipinski definition) is 1. The minimum Gasteiger partial charge on any atom is -0.508 e. The number of phenols is 1. The molecule has 6 unspecified atom stereocenters. The highest BCUT2D eigenvalue weighted by molar-refractivity contribution is 9.09. The van der Waals surface area contributed by atoms with E-state index >= 15 is 0 Å². The number of likely N-dealkylation sites (tertiary alicyclic amines) is 2. The summed E-state index contributed by atoms with van der Waals surface area (Å²) in [4.78, 5) is 53.9. The van der Waals surface area contributed by atoms with Crippen molar-refractivity contribution in [3.05, 3.63) is 41.0 Å². The summed E-state index contributed by atoms with van der Waals surface area (Å²) >= 11 is 17.7. The third kappa shape index (κ3) is 3.32. The second-order valence-electron chi connectivity index (χ2n) is 11.4. The van der Waals surface area contributed by atoms with Gasteiger partial charge in [0.15, 0.2) is 9.75 Å². The van der Waals surface area contributed by atoms with Gasteiger partial charge in [0, 0.05) is 12.0 Å². The van der Waals surface area contributed by atoms with Gasteiger partial charge in [-0.25, -0.2) is 0 Å². The Morgan fingerprint density at radius 3 is 2.39 bits per heavy atom. The molecule has 2 saturated carbocycles. The summed E-state index contributed by atoms with van der Waals surface area (Å²) in [6.45, 7) is 1.74. The number of carbonyl (C=O) groups is 4. The number of alkyl halides is 3. The molecule has 202 valence electrons. The first kappa shape index (κ1) is 26.3. The SMILES string of the molecule is Cc1cc(C2C3=CCC4C(=O)N(C5CCCCC5)C(=O)C4C3CC3(Cl)C(=O)N(CBr)C(=O)C23Cl)ccc1O. The summed E-state index contributed by atoms with van der Waals surface area (Å²) in [6, 6.07) is 4.89. The van der Waals surface area contributed by atoms with Crippen LogP contribution < -0.4 is 0 Å². The lowest BCUT2D eigenvalue weighted by atomic mass is 9.56. The number of imide groups is 2. The van der Waals surface area contributed by atoms with Gasteiger partial charge in [0.1, 0.15) is 5.75 Å². The van der Waals surface area contributed by atoms with Gasteiger partial charge in [-0.05, 0) is 55.7 Å². The zero-order valence-electron chi connectivity index (χ0n) is 21.0. The number of nitrogens with zero attached hydrogens (tertiary/aromatic N) is 2. The number of aryl methyl sites for hydroxylation is 1. The second kappa shape index (κ2) is 9.07. The fourth-order valence-corrected chi connectivity index (χ4v) is 9.13. The fourth-order valence-electron chi connectivity index (χ4n) is 7.71. The number of hydrogen-bond acceptors (Lipinski definition) is 5. The van der Waals surface area contributed by atoms with Gasteiger partial charge in [0.25, 0.3) is 11.8 Å². The highest BCUT2D eigenvalue weighted by Gasteiger charge is 2.76. The standard InChI is InChI=1S/C28H29BrCl2N2O5/c1-14-11-15(7-10-20(14)34)22-17-8-9-18-21(24(36)33(23(18)35)16-5-3-2-4-6-16)19(17)12-27(30)25(37)32(13-29)26(38)28(22,27)31/h7-8,10-11,16,18-19,21-22,34H,2-6,9,12-13H2,1H3. The molecular formula is C28H29BrCl2N2O5. The third-order valence-corrected chi connectivity index (χ3v) is 11.5. The smallest absolute Gasteiger partial charge is 0.254 e. The summed E-state index contributed by atoms with van der Waals surface area (Å²) in [5.74, 6) is -3.92. The van der Waals surface area contributed by atoms with Gasteiger partial charge in [-0.2, -0.15) is 0 Å². The van der Waals surface area contributed by atoms with Gasteiger partial charge < -0.3 is 5.11 Å². The highest BCUT2D eigenvalue weighted by atomic mass is 79.9. The van der Waals surface area contributed by atoms with Crippen molar-refractivity contribution < 1.29 is 24.3 Å². The van der Waals surface area contributed by atoms with Crippen LogP contribution in [-0.4, -0.2) is 59.8 Å². The number of fused-ring (bicyclic) bond motifs is 4. The van der Waals surface area contributed by atoms with Crippen molar-refractivity contribution in [3.63, 3.8) is 0 Å². The zero-order chi connectivity index (χ0) is 27.1. The molecule has 2 saturated heterocycles. The van der Waals surface area contributed by atoms with Crippen molar-refractivity contribution >= 4 is 62.8 Å². The van der Waals surface area contributed by atoms with Crippen molar-refractivity contribution in [3.8, 4) is 5.75 Å². The van der Waals surface area contributed by atoms with E-state index in [0.717, 1.165) is 42.6 Å². The third-order valence-electron chi connectivity index (χ3n) is 9.54. The number of rotatable bonds is 3. The number of phenolic OH excluding ortho intramolecular Hbond substituents is 1. The number of benzene rings is 1. The molecule has 7 nitrogen and oxygen atoms in total. The van der Waals surface area contributed by atoms with Crippen LogP contribution in [0.3, 0.4) is 0 Å². The van der Waals surface area contributed by atoms with E-state index in [9.17, 15) is 24.3 Å². The van der Waals surface area contributed by atoms with Gasteiger partial charge in [-0.15, -0.1) is 23.2 Å². The Balaban J connectivity index is 1.50. The number of halogens is 3. The van der Waals surface area contributed by atoms with Gasteiger partial charge in [-0.3, -0.25) is 29.0 Å². The molecule has 0 spiro atoms. The molecule has 4 amide bonds. The molecule has 0 radical (unpaired) electrons. The Kier molecular flexibility index (Phi) is 6.28. The van der Waals surface area contributed by atoms with E-state index in [2.05, 4.69) is 15.9 Å². The molecule has 6 atom stereocenters. The van der Waals surface area contributed by atoms with Crippen LogP contribution in [0, 0.1) is 24.7 Å². The Morgan fingerprint density at radius 2 is 1.74 bits per heavy atom. The lowest BCUT2D eigenvalue weighted by molar-refractivity contribution is -0.144. The molecule has 10 heteroatoms. The average molecular weight is 624 g/mol. The normalized spacial score (nSPS) is 37.3. The van der Waals surface area contributed by atoms with Crippen LogP contribution in [0.1, 0.15) is 62.0 Å². The van der Waals surface area contributed by atoms with Crippen LogP contribution in [0.4, 0.5) is 0 Å². The van der Waals surface area contributed by atoms with Gasteiger partial charge in [0.2, 0.25) is 11.8 Å². The molecule has 4 fully saturated rings. The summed E-state index contributed by atoms with van der Waals surface area (Å²) in [7, 11) is 0. The molecule has 1 N–H and O–H groups in total. The maximum Gasteiger partial charge on any atom is 0.254 e. The Hall–Kier alpha value is -1.90. The zero-order valence-corrected chi connectivity index (χ0v) is 24.1. The first-order valence-corrected chi connectivity index (χ1v) is 15.1. The van der Waals surface area contributed by atoms with E-state index in [1.54, 1.807) is 19.1 Å². The maximum atomic E-state index is 14.0. The van der Waals surface area contributed by atoms with E-state index in [-0.39, 0.29) is 35.5 Å². The van der Waals surface area contributed by atoms with E-state index < -0.39 is 45.2 Å². The van der Waals surface area contributed by atoms with Crippen molar-refractivity contribution in [2.75, 3.05) is 5.45 Å². The summed E-state index contributed by atoms with van der Waals surface area (Å²) in [6.07, 6.45) is 7.02. The van der Waals surface area contributed by atoms with Crippen molar-refractivity contribution in [1.82, 2.24) is 9.80 Å². The number of aromatic hydroxyl groups is 1. The van der Waals surface area contributed by atoms with Crippen LogP contribution in [0.25, 0.3) is 0 Å². The number of amides is 4. The van der Waals surface area contributed by atoms with E-state index in [0.29, 0.717) is 17.5 Å². The van der Waals surface area contributed by atoms with E-state index in [1.807, 2.05) is 6.08 Å². The van der Waals surface area contributed by atoms with Crippen LogP contribution >= 0.6 is 39.1 Å². The largest absolute Gasteiger partial charge is 0.508 e. The van der Waals surface area contributed by atoms with Gasteiger partial charge >= 0.3 is 0 Å². The Labute approximate surface area is 239 Å².